The largest absolute Gasteiger partial charge is 0.493 e. The zero-order chi connectivity index (χ0) is 25.9. The molecule has 192 valence electrons. The van der Waals surface area contributed by atoms with E-state index >= 15 is 0 Å². The molecule has 8 heteroatoms. The number of likely N-dealkylation sites (tertiary alicyclic amines) is 1. The van der Waals surface area contributed by atoms with E-state index in [4.69, 9.17) is 24.9 Å². The normalized spacial score (nSPS) is 14.6. The fourth-order valence-electron chi connectivity index (χ4n) is 4.58. The van der Waals surface area contributed by atoms with E-state index in [1.165, 1.54) is 0 Å². The van der Waals surface area contributed by atoms with Gasteiger partial charge in [0.2, 0.25) is 0 Å². The van der Waals surface area contributed by atoms with Crippen molar-refractivity contribution in [2.24, 2.45) is 5.92 Å². The summed E-state index contributed by atoms with van der Waals surface area (Å²) in [7, 11) is 3.80. The monoisotopic (exact) mass is 562 g/mol. The van der Waals surface area contributed by atoms with Crippen LogP contribution in [0.5, 0.6) is 23.0 Å². The summed E-state index contributed by atoms with van der Waals surface area (Å²) in [5.74, 6) is 4.24. The molecule has 0 unspecified atom stereocenters. The second-order valence-electron chi connectivity index (χ2n) is 9.52. The number of hydrogen-bond donors (Lipinski definition) is 1. The number of aromatic nitrogens is 2. The lowest BCUT2D eigenvalue weighted by atomic mass is 9.98. The Bertz CT molecular complexity index is 1410. The van der Waals surface area contributed by atoms with E-state index in [0.29, 0.717) is 41.2 Å². The molecule has 1 fully saturated rings. The molecule has 0 amide bonds. The zero-order valence-electron chi connectivity index (χ0n) is 21.3. The molecular weight excluding hydrogens is 532 g/mol. The molecule has 0 radical (unpaired) electrons. The molecule has 2 heterocycles. The summed E-state index contributed by atoms with van der Waals surface area (Å²) in [6.45, 7) is 4.85. The number of ether oxygens (including phenoxy) is 3. The third kappa shape index (κ3) is 5.65. The molecule has 1 aliphatic rings. The highest BCUT2D eigenvalue weighted by atomic mass is 79.9. The summed E-state index contributed by atoms with van der Waals surface area (Å²) in [5, 5.41) is 0.730. The van der Waals surface area contributed by atoms with E-state index in [9.17, 15) is 0 Å². The van der Waals surface area contributed by atoms with Gasteiger partial charge in [-0.3, -0.25) is 0 Å². The molecule has 3 aromatic carbocycles. The van der Waals surface area contributed by atoms with Crippen molar-refractivity contribution in [3.05, 3.63) is 64.6 Å². The third-order valence-electron chi connectivity index (χ3n) is 6.81. The first-order chi connectivity index (χ1) is 17.9. The Kier molecular flexibility index (Phi) is 7.48. The second kappa shape index (κ2) is 10.9. The third-order valence-corrected chi connectivity index (χ3v) is 7.43. The number of nitrogen functional groups attached to an aromatic ring is 1. The fraction of sp³-hybridized carbons (Fsp3) is 0.310. The number of methoxy groups -OCH3 is 1. The SMILES string of the molecule is COc1cc2c(N)nc(-c3cc(Br)c(Oc4ccccc4)cc3C)nc2cc1OCC1CCN(C)CC1. The molecule has 4 aromatic rings. The first kappa shape index (κ1) is 25.3. The van der Waals surface area contributed by atoms with Crippen LogP contribution in [0.4, 0.5) is 5.82 Å². The van der Waals surface area contributed by atoms with Gasteiger partial charge in [-0.15, -0.1) is 0 Å². The number of fused-ring (bicyclic) bond motifs is 1. The summed E-state index contributed by atoms with van der Waals surface area (Å²) < 4.78 is 18.7. The number of nitrogens with two attached hydrogens (primary N) is 1. The van der Waals surface area contributed by atoms with Gasteiger partial charge in [0.05, 0.1) is 23.7 Å². The molecular formula is C29H31BrN4O3. The Balaban J connectivity index is 1.45. The van der Waals surface area contributed by atoms with Gasteiger partial charge in [0.15, 0.2) is 17.3 Å². The molecule has 1 aromatic heterocycles. The minimum atomic E-state index is 0.389. The maximum Gasteiger partial charge on any atom is 0.163 e. The van der Waals surface area contributed by atoms with Crippen LogP contribution in [0.1, 0.15) is 18.4 Å². The van der Waals surface area contributed by atoms with Crippen molar-refractivity contribution in [3.8, 4) is 34.4 Å². The van der Waals surface area contributed by atoms with E-state index in [0.717, 1.165) is 58.4 Å². The molecule has 0 aliphatic carbocycles. The number of benzene rings is 3. The van der Waals surface area contributed by atoms with Crippen molar-refractivity contribution in [1.29, 1.82) is 0 Å². The number of nitrogens with zero attached hydrogens (tertiary/aromatic N) is 3. The van der Waals surface area contributed by atoms with E-state index in [1.807, 2.05) is 61.5 Å². The van der Waals surface area contributed by atoms with Gasteiger partial charge < -0.3 is 24.8 Å². The van der Waals surface area contributed by atoms with Crippen LogP contribution >= 0.6 is 15.9 Å². The molecule has 37 heavy (non-hydrogen) atoms. The second-order valence-corrected chi connectivity index (χ2v) is 10.4. The number of rotatable bonds is 7. The number of hydrogen-bond acceptors (Lipinski definition) is 7. The molecule has 1 saturated heterocycles. The smallest absolute Gasteiger partial charge is 0.163 e. The number of anilines is 1. The van der Waals surface area contributed by atoms with Crippen molar-refractivity contribution >= 4 is 32.7 Å². The predicted molar refractivity (Wildman–Crippen MR) is 151 cm³/mol. The number of para-hydroxylation sites is 1. The summed E-state index contributed by atoms with van der Waals surface area (Å²) in [4.78, 5) is 11.8. The van der Waals surface area contributed by atoms with Crippen LogP contribution in [0.2, 0.25) is 0 Å². The predicted octanol–water partition coefficient (Wildman–Crippen LogP) is 6.47. The van der Waals surface area contributed by atoms with Crippen molar-refractivity contribution in [2.45, 2.75) is 19.8 Å². The van der Waals surface area contributed by atoms with Crippen LogP contribution in [-0.4, -0.2) is 48.7 Å². The highest BCUT2D eigenvalue weighted by molar-refractivity contribution is 9.10. The lowest BCUT2D eigenvalue weighted by molar-refractivity contribution is 0.157. The first-order valence-corrected chi connectivity index (χ1v) is 13.2. The average molecular weight is 563 g/mol. The van der Waals surface area contributed by atoms with Crippen molar-refractivity contribution in [2.75, 3.05) is 39.6 Å². The highest BCUT2D eigenvalue weighted by Crippen LogP contribution is 2.38. The summed E-state index contributed by atoms with van der Waals surface area (Å²) in [5.41, 5.74) is 8.95. The van der Waals surface area contributed by atoms with Crippen LogP contribution in [0.25, 0.3) is 22.3 Å². The van der Waals surface area contributed by atoms with E-state index < -0.39 is 0 Å². The van der Waals surface area contributed by atoms with Gasteiger partial charge in [-0.05, 0) is 97.6 Å². The Morgan fingerprint density at radius 1 is 1.00 bits per heavy atom. The Morgan fingerprint density at radius 3 is 2.49 bits per heavy atom. The molecule has 0 saturated carbocycles. The summed E-state index contributed by atoms with van der Waals surface area (Å²) >= 11 is 3.65. The topological polar surface area (TPSA) is 82.7 Å². The van der Waals surface area contributed by atoms with Crippen LogP contribution in [0.3, 0.4) is 0 Å². The van der Waals surface area contributed by atoms with E-state index in [1.54, 1.807) is 7.11 Å². The van der Waals surface area contributed by atoms with Crippen LogP contribution in [-0.2, 0) is 0 Å². The fourth-order valence-corrected chi connectivity index (χ4v) is 5.00. The van der Waals surface area contributed by atoms with Crippen LogP contribution in [0, 0.1) is 12.8 Å². The summed E-state index contributed by atoms with van der Waals surface area (Å²) in [6, 6.07) is 17.4. The number of halogens is 1. The Labute approximate surface area is 225 Å². The number of piperidine rings is 1. The van der Waals surface area contributed by atoms with Crippen LogP contribution in [0.15, 0.2) is 59.1 Å². The maximum atomic E-state index is 6.40. The van der Waals surface area contributed by atoms with Gasteiger partial charge in [-0.2, -0.15) is 0 Å². The number of aryl methyl sites for hydroxylation is 1. The van der Waals surface area contributed by atoms with Crippen molar-refractivity contribution in [3.63, 3.8) is 0 Å². The van der Waals surface area contributed by atoms with Crippen molar-refractivity contribution < 1.29 is 14.2 Å². The van der Waals surface area contributed by atoms with E-state index in [-0.39, 0.29) is 0 Å². The molecule has 0 bridgehead atoms. The molecule has 0 spiro atoms. The zero-order valence-corrected chi connectivity index (χ0v) is 22.9. The minimum Gasteiger partial charge on any atom is -0.493 e. The van der Waals surface area contributed by atoms with Gasteiger partial charge in [-0.25, -0.2) is 9.97 Å². The first-order valence-electron chi connectivity index (χ1n) is 12.4. The Hall–Kier alpha value is -3.36. The van der Waals surface area contributed by atoms with Gasteiger partial charge in [-0.1, -0.05) is 18.2 Å². The summed E-state index contributed by atoms with van der Waals surface area (Å²) in [6.07, 6.45) is 2.26. The quantitative estimate of drug-likeness (QED) is 0.276. The lowest BCUT2D eigenvalue weighted by Crippen LogP contribution is -2.32. The highest BCUT2D eigenvalue weighted by Gasteiger charge is 2.20. The Morgan fingerprint density at radius 2 is 1.76 bits per heavy atom. The molecule has 0 atom stereocenters. The lowest BCUT2D eigenvalue weighted by Gasteiger charge is -2.28. The molecule has 1 aliphatic heterocycles. The maximum absolute atomic E-state index is 6.40. The van der Waals surface area contributed by atoms with Gasteiger partial charge in [0.1, 0.15) is 17.3 Å². The minimum absolute atomic E-state index is 0.389. The van der Waals surface area contributed by atoms with Gasteiger partial charge >= 0.3 is 0 Å². The van der Waals surface area contributed by atoms with Crippen LogP contribution < -0.4 is 19.9 Å². The van der Waals surface area contributed by atoms with E-state index in [2.05, 4.69) is 32.9 Å². The molecule has 5 rings (SSSR count). The standard InChI is InChI=1S/C29H31BrN4O3/c1-18-13-25(37-20-7-5-4-6-8-20)23(30)14-21(18)29-32-24-16-27(26(35-3)15-22(24)28(31)33-29)36-17-19-9-11-34(2)12-10-19/h4-8,13-16,19H,9-12,17H2,1-3H3,(H2,31,32,33). The van der Waals surface area contributed by atoms with Crippen molar-refractivity contribution in [1.82, 2.24) is 14.9 Å². The van der Waals surface area contributed by atoms with Gasteiger partial charge in [0, 0.05) is 17.0 Å². The average Bonchev–Trinajstić information content (AvgIpc) is 2.90. The molecule has 2 N–H and O–H groups in total. The molecule has 7 nitrogen and oxygen atoms in total. The van der Waals surface area contributed by atoms with Gasteiger partial charge in [0.25, 0.3) is 0 Å².